The highest BCUT2D eigenvalue weighted by molar-refractivity contribution is 6.32. The minimum absolute atomic E-state index is 0.0336. The van der Waals surface area contributed by atoms with Crippen LogP contribution in [0.5, 0.6) is 0 Å². The first kappa shape index (κ1) is 21.1. The van der Waals surface area contributed by atoms with Gasteiger partial charge < -0.3 is 10.1 Å². The highest BCUT2D eigenvalue weighted by Crippen LogP contribution is 2.39. The third-order valence-electron chi connectivity index (χ3n) is 5.83. The van der Waals surface area contributed by atoms with Crippen molar-refractivity contribution in [1.82, 2.24) is 14.8 Å². The molecule has 1 aliphatic carbocycles. The number of hydrogen-bond acceptors (Lipinski definition) is 5. The first-order chi connectivity index (χ1) is 14.3. The Morgan fingerprint density at radius 1 is 1.20 bits per heavy atom. The van der Waals surface area contributed by atoms with Gasteiger partial charge in [0.25, 0.3) is 5.56 Å². The zero-order chi connectivity index (χ0) is 21.4. The molecule has 1 atom stereocenters. The molecule has 6 nitrogen and oxygen atoms in total. The number of aromatic nitrogens is 3. The number of ether oxygens (including phenoxy) is 1. The standard InChI is InChI=1S/C20H22ClF3N4O2/c21-17-15(27-14-6-9-30-19(10-14)7-2-1-3-8-19)12-26-28(18(17)29)16-5-4-13(11-25-16)20(22,23)24/h4-5,11-12,14,27H,1-3,6-10H2. The molecule has 10 heteroatoms. The third-order valence-corrected chi connectivity index (χ3v) is 6.19. The van der Waals surface area contributed by atoms with Gasteiger partial charge in [0, 0.05) is 18.8 Å². The van der Waals surface area contributed by atoms with Crippen molar-refractivity contribution in [2.24, 2.45) is 0 Å². The molecule has 4 rings (SSSR count). The molecule has 2 aliphatic rings. The molecule has 1 saturated heterocycles. The largest absolute Gasteiger partial charge is 0.417 e. The van der Waals surface area contributed by atoms with Crippen LogP contribution >= 0.6 is 11.6 Å². The van der Waals surface area contributed by atoms with Crippen molar-refractivity contribution in [3.63, 3.8) is 0 Å². The minimum atomic E-state index is -4.51. The summed E-state index contributed by atoms with van der Waals surface area (Å²) in [5.41, 5.74) is -1.25. The Hall–Kier alpha value is -2.13. The number of nitrogens with one attached hydrogen (secondary N) is 1. The highest BCUT2D eigenvalue weighted by Gasteiger charge is 2.38. The molecule has 0 radical (unpaired) electrons. The fourth-order valence-electron chi connectivity index (χ4n) is 4.29. The van der Waals surface area contributed by atoms with Gasteiger partial charge in [0.05, 0.1) is 23.0 Å². The van der Waals surface area contributed by atoms with Crippen molar-refractivity contribution in [1.29, 1.82) is 0 Å². The molecule has 0 amide bonds. The quantitative estimate of drug-likeness (QED) is 0.752. The molecule has 1 spiro atoms. The second kappa shape index (κ2) is 8.19. The zero-order valence-corrected chi connectivity index (χ0v) is 17.0. The van der Waals surface area contributed by atoms with E-state index in [-0.39, 0.29) is 22.5 Å². The van der Waals surface area contributed by atoms with E-state index in [1.807, 2.05) is 0 Å². The molecule has 2 aromatic rings. The first-order valence-corrected chi connectivity index (χ1v) is 10.4. The lowest BCUT2D eigenvalue weighted by atomic mass is 9.78. The van der Waals surface area contributed by atoms with Crippen LogP contribution in [0, 0.1) is 0 Å². The number of alkyl halides is 3. The lowest BCUT2D eigenvalue weighted by Gasteiger charge is -2.43. The van der Waals surface area contributed by atoms with E-state index in [4.69, 9.17) is 16.3 Å². The van der Waals surface area contributed by atoms with Crippen LogP contribution in [0.1, 0.15) is 50.5 Å². The van der Waals surface area contributed by atoms with Crippen LogP contribution in [-0.4, -0.2) is 33.0 Å². The zero-order valence-electron chi connectivity index (χ0n) is 16.2. The molecule has 3 heterocycles. The first-order valence-electron chi connectivity index (χ1n) is 9.99. The molecule has 30 heavy (non-hydrogen) atoms. The van der Waals surface area contributed by atoms with Crippen LogP contribution in [0.25, 0.3) is 5.82 Å². The Bertz CT molecular complexity index is 950. The summed E-state index contributed by atoms with van der Waals surface area (Å²) in [5, 5.41) is 7.29. The summed E-state index contributed by atoms with van der Waals surface area (Å²) >= 11 is 6.27. The molecular formula is C20H22ClF3N4O2. The van der Waals surface area contributed by atoms with Gasteiger partial charge in [0.2, 0.25) is 0 Å². The van der Waals surface area contributed by atoms with E-state index in [0.29, 0.717) is 18.5 Å². The maximum atomic E-state index is 12.7. The predicted molar refractivity (Wildman–Crippen MR) is 106 cm³/mol. The van der Waals surface area contributed by atoms with E-state index in [1.165, 1.54) is 12.6 Å². The van der Waals surface area contributed by atoms with Gasteiger partial charge in [-0.25, -0.2) is 4.98 Å². The Labute approximate surface area is 176 Å². The summed E-state index contributed by atoms with van der Waals surface area (Å²) in [6.07, 6.45) is 4.83. The highest BCUT2D eigenvalue weighted by atomic mass is 35.5. The molecule has 162 valence electrons. The van der Waals surface area contributed by atoms with Gasteiger partial charge in [-0.2, -0.15) is 23.0 Å². The number of rotatable bonds is 3. The third kappa shape index (κ3) is 4.32. The number of nitrogens with zero attached hydrogens (tertiary/aromatic N) is 3. The maximum Gasteiger partial charge on any atom is 0.417 e. The van der Waals surface area contributed by atoms with Crippen LogP contribution in [0.4, 0.5) is 18.9 Å². The summed E-state index contributed by atoms with van der Waals surface area (Å²) in [7, 11) is 0. The van der Waals surface area contributed by atoms with Gasteiger partial charge >= 0.3 is 6.18 Å². The second-order valence-electron chi connectivity index (χ2n) is 7.92. The van der Waals surface area contributed by atoms with Gasteiger partial charge in [-0.1, -0.05) is 30.9 Å². The van der Waals surface area contributed by atoms with E-state index in [2.05, 4.69) is 15.4 Å². The second-order valence-corrected chi connectivity index (χ2v) is 8.30. The van der Waals surface area contributed by atoms with Gasteiger partial charge in [-0.15, -0.1) is 0 Å². The van der Waals surface area contributed by atoms with Gasteiger partial charge in [-0.3, -0.25) is 4.79 Å². The SMILES string of the molecule is O=c1c(Cl)c(NC2CCOC3(CCCCC3)C2)cnn1-c1ccc(C(F)(F)F)cn1. The lowest BCUT2D eigenvalue weighted by Crippen LogP contribution is -2.45. The van der Waals surface area contributed by atoms with Crippen LogP contribution in [0.3, 0.4) is 0 Å². The smallest absolute Gasteiger partial charge is 0.379 e. The van der Waals surface area contributed by atoms with E-state index in [1.54, 1.807) is 0 Å². The molecule has 1 saturated carbocycles. The summed E-state index contributed by atoms with van der Waals surface area (Å²) in [6, 6.07) is 2.05. The van der Waals surface area contributed by atoms with E-state index >= 15 is 0 Å². The molecule has 1 aliphatic heterocycles. The fourth-order valence-corrected chi connectivity index (χ4v) is 4.47. The Balaban J connectivity index is 1.52. The summed E-state index contributed by atoms with van der Waals surface area (Å²) < 4.78 is 45.1. The monoisotopic (exact) mass is 442 g/mol. The Morgan fingerprint density at radius 2 is 1.97 bits per heavy atom. The van der Waals surface area contributed by atoms with Crippen LogP contribution in [0.2, 0.25) is 5.02 Å². The van der Waals surface area contributed by atoms with Crippen molar-refractivity contribution in [3.05, 3.63) is 45.5 Å². The molecule has 0 aromatic carbocycles. The maximum absolute atomic E-state index is 12.7. The Morgan fingerprint density at radius 3 is 2.63 bits per heavy atom. The Kier molecular flexibility index (Phi) is 5.76. The van der Waals surface area contributed by atoms with E-state index in [0.717, 1.165) is 55.3 Å². The lowest BCUT2D eigenvalue weighted by molar-refractivity contribution is -0.137. The molecule has 0 bridgehead atoms. The summed E-state index contributed by atoms with van der Waals surface area (Å²) in [6.45, 7) is 0.648. The normalized spacial score (nSPS) is 21.5. The molecular weight excluding hydrogens is 421 g/mol. The predicted octanol–water partition coefficient (Wildman–Crippen LogP) is 4.59. The summed E-state index contributed by atoms with van der Waals surface area (Å²) in [5.74, 6) is -0.0336. The van der Waals surface area contributed by atoms with E-state index in [9.17, 15) is 18.0 Å². The fraction of sp³-hybridized carbons (Fsp3) is 0.550. The van der Waals surface area contributed by atoms with Crippen LogP contribution < -0.4 is 10.9 Å². The van der Waals surface area contributed by atoms with Gasteiger partial charge in [0.15, 0.2) is 5.82 Å². The number of pyridine rings is 1. The average Bonchev–Trinajstić information content (AvgIpc) is 2.72. The summed E-state index contributed by atoms with van der Waals surface area (Å²) in [4.78, 5) is 16.4. The number of halogens is 4. The van der Waals surface area contributed by atoms with Crippen molar-refractivity contribution >= 4 is 17.3 Å². The molecule has 2 aromatic heterocycles. The molecule has 2 fully saturated rings. The van der Waals surface area contributed by atoms with Gasteiger partial charge in [0.1, 0.15) is 5.02 Å². The van der Waals surface area contributed by atoms with Crippen molar-refractivity contribution < 1.29 is 17.9 Å². The molecule has 1 N–H and O–H groups in total. The average molecular weight is 443 g/mol. The van der Waals surface area contributed by atoms with Crippen molar-refractivity contribution in [2.45, 2.75) is 62.8 Å². The number of anilines is 1. The topological polar surface area (TPSA) is 69.0 Å². The number of hydrogen-bond donors (Lipinski definition) is 1. The molecule has 1 unspecified atom stereocenters. The van der Waals surface area contributed by atoms with Crippen LogP contribution in [0.15, 0.2) is 29.3 Å². The minimum Gasteiger partial charge on any atom is -0.379 e. The van der Waals surface area contributed by atoms with Crippen molar-refractivity contribution in [3.8, 4) is 5.82 Å². The van der Waals surface area contributed by atoms with Gasteiger partial charge in [-0.05, 0) is 37.8 Å². The van der Waals surface area contributed by atoms with Crippen molar-refractivity contribution in [2.75, 3.05) is 11.9 Å². The van der Waals surface area contributed by atoms with Crippen LogP contribution in [-0.2, 0) is 10.9 Å². The van der Waals surface area contributed by atoms with E-state index < -0.39 is 17.3 Å².